The molecule has 12 heteroatoms. The van der Waals surface area contributed by atoms with Crippen molar-refractivity contribution in [3.05, 3.63) is 0 Å². The molecule has 11 nitrogen and oxygen atoms in total. The molecule has 0 bridgehead atoms. The number of hydrogen-bond acceptors (Lipinski definition) is 7. The fourth-order valence-corrected chi connectivity index (χ4v) is 3.30. The van der Waals surface area contributed by atoms with Crippen LogP contribution in [0.25, 0.3) is 0 Å². The van der Waals surface area contributed by atoms with Crippen molar-refractivity contribution < 1.29 is 29.1 Å². The van der Waals surface area contributed by atoms with Crippen molar-refractivity contribution in [1.82, 2.24) is 16.0 Å². The Morgan fingerprint density at radius 3 is 1.88 bits per heavy atom. The van der Waals surface area contributed by atoms with E-state index in [1.807, 2.05) is 20.1 Å². The Labute approximate surface area is 193 Å². The molecule has 0 aliphatic carbocycles. The van der Waals surface area contributed by atoms with Crippen molar-refractivity contribution in [2.45, 2.75) is 71.1 Å². The van der Waals surface area contributed by atoms with E-state index in [1.165, 1.54) is 11.8 Å². The molecular weight excluding hydrogens is 438 g/mol. The minimum Gasteiger partial charge on any atom is -0.480 e. The molecule has 0 aliphatic rings. The highest BCUT2D eigenvalue weighted by Crippen LogP contribution is 2.08. The smallest absolute Gasteiger partial charge is 0.326 e. The predicted octanol–water partition coefficient (Wildman–Crippen LogP) is -0.817. The first-order chi connectivity index (χ1) is 14.8. The van der Waals surface area contributed by atoms with Crippen LogP contribution in [0, 0.1) is 11.8 Å². The second-order valence-electron chi connectivity index (χ2n) is 8.38. The number of hydrogen-bond donors (Lipinski definition) is 6. The Morgan fingerprint density at radius 1 is 0.906 bits per heavy atom. The first-order valence-electron chi connectivity index (χ1n) is 10.5. The van der Waals surface area contributed by atoms with Crippen LogP contribution in [0.15, 0.2) is 0 Å². The molecule has 0 saturated carbocycles. The van der Waals surface area contributed by atoms with Crippen LogP contribution in [0.1, 0.15) is 47.0 Å². The molecule has 0 fully saturated rings. The number of carboxylic acid groups (broad SMARTS) is 1. The van der Waals surface area contributed by atoms with Gasteiger partial charge in [-0.15, -0.1) is 0 Å². The van der Waals surface area contributed by atoms with E-state index in [4.69, 9.17) is 11.5 Å². The van der Waals surface area contributed by atoms with Gasteiger partial charge in [0.15, 0.2) is 0 Å². The molecule has 0 heterocycles. The normalized spacial score (nSPS) is 14.9. The van der Waals surface area contributed by atoms with Gasteiger partial charge in [-0.25, -0.2) is 4.79 Å². The highest BCUT2D eigenvalue weighted by Gasteiger charge is 2.32. The Kier molecular flexibility index (Phi) is 13.6. The van der Waals surface area contributed by atoms with Crippen LogP contribution in [0.5, 0.6) is 0 Å². The number of nitrogens with two attached hydrogens (primary N) is 2. The summed E-state index contributed by atoms with van der Waals surface area (Å²) in [5, 5.41) is 16.6. The second kappa shape index (κ2) is 14.7. The van der Waals surface area contributed by atoms with Crippen LogP contribution in [0.2, 0.25) is 0 Å². The summed E-state index contributed by atoms with van der Waals surface area (Å²) >= 11 is 1.54. The van der Waals surface area contributed by atoms with Gasteiger partial charge in [0.2, 0.25) is 23.6 Å². The number of rotatable bonds is 15. The molecule has 0 radical (unpaired) electrons. The fraction of sp³-hybridized carbons (Fsp3) is 0.750. The number of carboxylic acids is 1. The van der Waals surface area contributed by atoms with Gasteiger partial charge in [0.1, 0.15) is 18.1 Å². The van der Waals surface area contributed by atoms with Crippen LogP contribution >= 0.6 is 11.8 Å². The lowest BCUT2D eigenvalue weighted by Gasteiger charge is -2.26. The molecule has 0 saturated heterocycles. The van der Waals surface area contributed by atoms with Crippen molar-refractivity contribution in [2.24, 2.45) is 23.3 Å². The summed E-state index contributed by atoms with van der Waals surface area (Å²) in [6.45, 7) is 6.92. The second-order valence-corrected chi connectivity index (χ2v) is 9.36. The zero-order valence-electron chi connectivity index (χ0n) is 19.3. The minimum absolute atomic E-state index is 0.0224. The summed E-state index contributed by atoms with van der Waals surface area (Å²) in [6, 6.07) is -4.39. The SMILES string of the molecule is CSCCC(N)C(=O)NC(CC(C)C)C(=O)NC(CC(N)=O)C(=O)NC(C(=O)O)C(C)C. The maximum absolute atomic E-state index is 12.9. The topological polar surface area (TPSA) is 194 Å². The summed E-state index contributed by atoms with van der Waals surface area (Å²) in [7, 11) is 0. The molecule has 4 amide bonds. The van der Waals surface area contributed by atoms with Crippen LogP contribution < -0.4 is 27.4 Å². The number of primary amides is 1. The van der Waals surface area contributed by atoms with Crippen molar-refractivity contribution in [1.29, 1.82) is 0 Å². The van der Waals surface area contributed by atoms with Crippen LogP contribution in [0.4, 0.5) is 0 Å². The van der Waals surface area contributed by atoms with Gasteiger partial charge < -0.3 is 32.5 Å². The molecule has 4 atom stereocenters. The Bertz CT molecular complexity index is 673. The number of aliphatic carboxylic acids is 1. The van der Waals surface area contributed by atoms with E-state index in [1.54, 1.807) is 13.8 Å². The largest absolute Gasteiger partial charge is 0.480 e. The third-order valence-corrected chi connectivity index (χ3v) is 5.22. The van der Waals surface area contributed by atoms with E-state index in [0.29, 0.717) is 12.2 Å². The van der Waals surface area contributed by atoms with Gasteiger partial charge in [-0.3, -0.25) is 19.2 Å². The van der Waals surface area contributed by atoms with Crippen LogP contribution in [-0.2, 0) is 24.0 Å². The fourth-order valence-electron chi connectivity index (χ4n) is 2.81. The van der Waals surface area contributed by atoms with Crippen LogP contribution in [0.3, 0.4) is 0 Å². The summed E-state index contributed by atoms with van der Waals surface area (Å²) in [5.41, 5.74) is 11.1. The number of thioether (sulfide) groups is 1. The summed E-state index contributed by atoms with van der Waals surface area (Å²) in [5.74, 6) is -3.89. The average Bonchev–Trinajstić information content (AvgIpc) is 2.67. The number of nitrogens with one attached hydrogen (secondary N) is 3. The average molecular weight is 476 g/mol. The van der Waals surface area contributed by atoms with Crippen LogP contribution in [-0.4, -0.2) is 70.9 Å². The minimum atomic E-state index is -1.39. The molecule has 0 spiro atoms. The first kappa shape index (κ1) is 29.7. The lowest BCUT2D eigenvalue weighted by atomic mass is 10.0. The number of carbonyl (C=O) groups is 5. The number of carbonyl (C=O) groups excluding carboxylic acids is 4. The van der Waals surface area contributed by atoms with Gasteiger partial charge >= 0.3 is 5.97 Å². The van der Waals surface area contributed by atoms with Crippen molar-refractivity contribution in [2.75, 3.05) is 12.0 Å². The monoisotopic (exact) mass is 475 g/mol. The molecule has 0 aromatic carbocycles. The van der Waals surface area contributed by atoms with Crippen molar-refractivity contribution in [3.63, 3.8) is 0 Å². The molecule has 184 valence electrons. The van der Waals surface area contributed by atoms with Gasteiger partial charge in [-0.05, 0) is 36.7 Å². The maximum atomic E-state index is 12.9. The lowest BCUT2D eigenvalue weighted by molar-refractivity contribution is -0.143. The molecular formula is C20H37N5O6S. The molecule has 0 aliphatic heterocycles. The third kappa shape index (κ3) is 11.3. The van der Waals surface area contributed by atoms with E-state index in [0.717, 1.165) is 0 Å². The zero-order chi connectivity index (χ0) is 25.0. The number of amides is 4. The van der Waals surface area contributed by atoms with Crippen molar-refractivity contribution >= 4 is 41.4 Å². The predicted molar refractivity (Wildman–Crippen MR) is 123 cm³/mol. The van der Waals surface area contributed by atoms with E-state index >= 15 is 0 Å². The molecule has 32 heavy (non-hydrogen) atoms. The summed E-state index contributed by atoms with van der Waals surface area (Å²) in [4.78, 5) is 60.7. The van der Waals surface area contributed by atoms with Gasteiger partial charge in [0.25, 0.3) is 0 Å². The van der Waals surface area contributed by atoms with E-state index in [9.17, 15) is 29.1 Å². The van der Waals surface area contributed by atoms with Crippen molar-refractivity contribution in [3.8, 4) is 0 Å². The maximum Gasteiger partial charge on any atom is 0.326 e. The molecule has 0 aromatic rings. The lowest BCUT2D eigenvalue weighted by Crippen LogP contribution is -2.58. The van der Waals surface area contributed by atoms with Gasteiger partial charge in [-0.1, -0.05) is 27.7 Å². The molecule has 4 unspecified atom stereocenters. The highest BCUT2D eigenvalue weighted by atomic mass is 32.2. The molecule has 0 aromatic heterocycles. The van der Waals surface area contributed by atoms with Gasteiger partial charge in [0, 0.05) is 0 Å². The Balaban J connectivity index is 5.47. The Morgan fingerprint density at radius 2 is 1.44 bits per heavy atom. The van der Waals surface area contributed by atoms with Gasteiger partial charge in [0.05, 0.1) is 12.5 Å². The highest BCUT2D eigenvalue weighted by molar-refractivity contribution is 7.98. The Hall–Kier alpha value is -2.34. The van der Waals surface area contributed by atoms with E-state index < -0.39 is 66.1 Å². The third-order valence-electron chi connectivity index (χ3n) is 4.58. The molecule has 0 rings (SSSR count). The van der Waals surface area contributed by atoms with E-state index in [-0.39, 0.29) is 12.3 Å². The molecule has 8 N–H and O–H groups in total. The standard InChI is InChI=1S/C20H37N5O6S/c1-10(2)8-13(23-17(27)12(21)6-7-32-5)18(28)24-14(9-15(22)26)19(29)25-16(11(3)4)20(30)31/h10-14,16H,6-9,21H2,1-5H3,(H2,22,26)(H,23,27)(H,24,28)(H,25,29)(H,30,31). The zero-order valence-corrected chi connectivity index (χ0v) is 20.2. The van der Waals surface area contributed by atoms with E-state index in [2.05, 4.69) is 16.0 Å². The summed E-state index contributed by atoms with van der Waals surface area (Å²) < 4.78 is 0. The first-order valence-corrected chi connectivity index (χ1v) is 11.9. The summed E-state index contributed by atoms with van der Waals surface area (Å²) in [6.07, 6.45) is 2.05. The quantitative estimate of drug-likeness (QED) is 0.177. The van der Waals surface area contributed by atoms with Gasteiger partial charge in [-0.2, -0.15) is 11.8 Å².